The molecule has 0 saturated carbocycles. The molecule has 0 radical (unpaired) electrons. The number of nitrogens with zero attached hydrogens (tertiary/aromatic N) is 3. The maximum Gasteiger partial charge on any atom is 0.180 e. The molecule has 3 aromatic heterocycles. The largest absolute Gasteiger partial charge is 0.337 e. The first-order chi connectivity index (χ1) is 10.8. The Balaban J connectivity index is 1.78. The summed E-state index contributed by atoms with van der Waals surface area (Å²) in [5, 5.41) is 8.14. The second kappa shape index (κ2) is 5.44. The highest BCUT2D eigenvalue weighted by Gasteiger charge is 2.10. The minimum absolute atomic E-state index is 0.706. The Kier molecular flexibility index (Phi) is 3.29. The van der Waals surface area contributed by atoms with E-state index in [1.165, 1.54) is 0 Å². The minimum Gasteiger partial charge on any atom is -0.337 e. The van der Waals surface area contributed by atoms with Crippen LogP contribution in [-0.4, -0.2) is 14.4 Å². The molecule has 4 nitrogen and oxygen atoms in total. The standard InChI is InChI=1S/C16H11ClN4S/c17-12-1-3-13(4-2-12)20-15-16-18-6-7-21(16)14(9-19-15)11-5-8-22-10-11/h1-10H,(H,19,20). The first-order valence-corrected chi connectivity index (χ1v) is 8.00. The quantitative estimate of drug-likeness (QED) is 0.585. The zero-order valence-corrected chi connectivity index (χ0v) is 13.0. The Morgan fingerprint density at radius 3 is 2.73 bits per heavy atom. The van der Waals surface area contributed by atoms with Gasteiger partial charge in [0.15, 0.2) is 11.5 Å². The third-order valence-electron chi connectivity index (χ3n) is 3.35. The first kappa shape index (κ1) is 13.3. The zero-order valence-electron chi connectivity index (χ0n) is 11.4. The molecule has 0 bridgehead atoms. The fraction of sp³-hybridized carbons (Fsp3) is 0. The SMILES string of the molecule is Clc1ccc(Nc2ncc(-c3ccsc3)n3ccnc23)cc1. The number of nitrogens with one attached hydrogen (secondary N) is 1. The number of benzene rings is 1. The van der Waals surface area contributed by atoms with Crippen molar-refractivity contribution in [1.82, 2.24) is 14.4 Å². The van der Waals surface area contributed by atoms with E-state index in [9.17, 15) is 0 Å². The van der Waals surface area contributed by atoms with Crippen molar-refractivity contribution >= 4 is 40.1 Å². The first-order valence-electron chi connectivity index (χ1n) is 6.68. The van der Waals surface area contributed by atoms with Crippen molar-refractivity contribution < 1.29 is 0 Å². The molecule has 108 valence electrons. The maximum absolute atomic E-state index is 5.91. The van der Waals surface area contributed by atoms with Gasteiger partial charge >= 0.3 is 0 Å². The number of anilines is 2. The van der Waals surface area contributed by atoms with Crippen LogP contribution in [0.3, 0.4) is 0 Å². The fourth-order valence-corrected chi connectivity index (χ4v) is 3.08. The van der Waals surface area contributed by atoms with Crippen molar-refractivity contribution in [3.05, 3.63) is 64.7 Å². The Morgan fingerprint density at radius 2 is 1.95 bits per heavy atom. The van der Waals surface area contributed by atoms with Gasteiger partial charge in [-0.1, -0.05) is 11.6 Å². The minimum atomic E-state index is 0.706. The van der Waals surface area contributed by atoms with Crippen LogP contribution in [-0.2, 0) is 0 Å². The summed E-state index contributed by atoms with van der Waals surface area (Å²) < 4.78 is 2.04. The monoisotopic (exact) mass is 326 g/mol. The van der Waals surface area contributed by atoms with Crippen LogP contribution in [0.1, 0.15) is 0 Å². The predicted octanol–water partition coefficient (Wildman–Crippen LogP) is 4.85. The van der Waals surface area contributed by atoms with Gasteiger partial charge in [-0.2, -0.15) is 11.3 Å². The van der Waals surface area contributed by atoms with Crippen LogP contribution in [0.2, 0.25) is 5.02 Å². The molecule has 1 N–H and O–H groups in total. The molecule has 22 heavy (non-hydrogen) atoms. The second-order valence-electron chi connectivity index (χ2n) is 4.76. The highest BCUT2D eigenvalue weighted by atomic mass is 35.5. The van der Waals surface area contributed by atoms with Crippen molar-refractivity contribution in [2.45, 2.75) is 0 Å². The van der Waals surface area contributed by atoms with E-state index in [1.54, 1.807) is 17.5 Å². The summed E-state index contributed by atoms with van der Waals surface area (Å²) in [5.41, 5.74) is 3.87. The highest BCUT2D eigenvalue weighted by Crippen LogP contribution is 2.26. The van der Waals surface area contributed by atoms with Crippen molar-refractivity contribution in [3.63, 3.8) is 0 Å². The number of rotatable bonds is 3. The summed E-state index contributed by atoms with van der Waals surface area (Å²) >= 11 is 7.58. The van der Waals surface area contributed by atoms with E-state index in [2.05, 4.69) is 32.1 Å². The Morgan fingerprint density at radius 1 is 1.09 bits per heavy atom. The molecule has 4 aromatic rings. The molecule has 0 amide bonds. The fourth-order valence-electron chi connectivity index (χ4n) is 2.30. The van der Waals surface area contributed by atoms with Crippen molar-refractivity contribution in [2.75, 3.05) is 5.32 Å². The van der Waals surface area contributed by atoms with E-state index in [0.29, 0.717) is 10.8 Å². The van der Waals surface area contributed by atoms with Crippen molar-refractivity contribution in [2.24, 2.45) is 0 Å². The lowest BCUT2D eigenvalue weighted by Gasteiger charge is -2.09. The molecule has 0 atom stereocenters. The van der Waals surface area contributed by atoms with E-state index < -0.39 is 0 Å². The highest BCUT2D eigenvalue weighted by molar-refractivity contribution is 7.08. The van der Waals surface area contributed by atoms with Crippen LogP contribution in [0.4, 0.5) is 11.5 Å². The zero-order chi connectivity index (χ0) is 14.9. The molecule has 0 aliphatic carbocycles. The molecular weight excluding hydrogens is 316 g/mol. The molecule has 0 unspecified atom stereocenters. The number of fused-ring (bicyclic) bond motifs is 1. The van der Waals surface area contributed by atoms with Gasteiger partial charge in [0, 0.05) is 34.0 Å². The number of imidazole rings is 1. The van der Waals surface area contributed by atoms with Gasteiger partial charge in [0.1, 0.15) is 0 Å². The number of halogens is 1. The normalized spacial score (nSPS) is 11.0. The van der Waals surface area contributed by atoms with Gasteiger partial charge in [-0.25, -0.2) is 9.97 Å². The Bertz CT molecular complexity index is 913. The molecule has 4 rings (SSSR count). The average molecular weight is 327 g/mol. The number of hydrogen-bond donors (Lipinski definition) is 1. The van der Waals surface area contributed by atoms with Crippen LogP contribution in [0.15, 0.2) is 59.7 Å². The van der Waals surface area contributed by atoms with Gasteiger partial charge in [-0.05, 0) is 35.7 Å². The summed E-state index contributed by atoms with van der Waals surface area (Å²) in [6, 6.07) is 9.58. The third-order valence-corrected chi connectivity index (χ3v) is 4.29. The molecule has 1 aromatic carbocycles. The lowest BCUT2D eigenvalue weighted by molar-refractivity contribution is 1.14. The summed E-state index contributed by atoms with van der Waals surface area (Å²) in [6.07, 6.45) is 5.58. The van der Waals surface area contributed by atoms with Crippen LogP contribution in [0.25, 0.3) is 16.9 Å². The van der Waals surface area contributed by atoms with Gasteiger partial charge in [-0.15, -0.1) is 0 Å². The van der Waals surface area contributed by atoms with E-state index >= 15 is 0 Å². The summed E-state index contributed by atoms with van der Waals surface area (Å²) in [4.78, 5) is 8.95. The maximum atomic E-state index is 5.91. The summed E-state index contributed by atoms with van der Waals surface area (Å²) in [7, 11) is 0. The van der Waals surface area contributed by atoms with E-state index in [4.69, 9.17) is 11.6 Å². The van der Waals surface area contributed by atoms with Gasteiger partial charge in [0.25, 0.3) is 0 Å². The van der Waals surface area contributed by atoms with Crippen LogP contribution >= 0.6 is 22.9 Å². The number of aromatic nitrogens is 3. The molecular formula is C16H11ClN4S. The summed E-state index contributed by atoms with van der Waals surface area (Å²) in [5.74, 6) is 0.714. The van der Waals surface area contributed by atoms with Gasteiger partial charge in [-0.3, -0.25) is 4.40 Å². The molecule has 3 heterocycles. The van der Waals surface area contributed by atoms with Crippen LogP contribution in [0.5, 0.6) is 0 Å². The van der Waals surface area contributed by atoms with Crippen LogP contribution in [0, 0.1) is 0 Å². The third kappa shape index (κ3) is 2.34. The van der Waals surface area contributed by atoms with E-state index in [1.807, 2.05) is 41.1 Å². The van der Waals surface area contributed by atoms with Gasteiger partial charge in [0.05, 0.1) is 11.9 Å². The second-order valence-corrected chi connectivity index (χ2v) is 5.97. The molecule has 0 fully saturated rings. The molecule has 0 saturated heterocycles. The number of thiophene rings is 1. The molecule has 0 spiro atoms. The number of hydrogen-bond acceptors (Lipinski definition) is 4. The van der Waals surface area contributed by atoms with Gasteiger partial charge < -0.3 is 5.32 Å². The van der Waals surface area contributed by atoms with Crippen molar-refractivity contribution in [3.8, 4) is 11.3 Å². The molecule has 0 aliphatic rings. The molecule has 6 heteroatoms. The smallest absolute Gasteiger partial charge is 0.180 e. The lowest BCUT2D eigenvalue weighted by atomic mass is 10.2. The topological polar surface area (TPSA) is 42.2 Å². The van der Waals surface area contributed by atoms with E-state index in [-0.39, 0.29) is 0 Å². The van der Waals surface area contributed by atoms with E-state index in [0.717, 1.165) is 22.6 Å². The predicted molar refractivity (Wildman–Crippen MR) is 91.0 cm³/mol. The average Bonchev–Trinajstić information content (AvgIpc) is 3.20. The van der Waals surface area contributed by atoms with Crippen molar-refractivity contribution in [1.29, 1.82) is 0 Å². The van der Waals surface area contributed by atoms with Crippen LogP contribution < -0.4 is 5.32 Å². The Hall–Kier alpha value is -2.37. The van der Waals surface area contributed by atoms with Gasteiger partial charge in [0.2, 0.25) is 0 Å². The summed E-state index contributed by atoms with van der Waals surface area (Å²) in [6.45, 7) is 0. The Labute approximate surface area is 136 Å². The lowest BCUT2D eigenvalue weighted by Crippen LogP contribution is -2.00. The molecule has 0 aliphatic heterocycles.